The normalized spacial score (nSPS) is 34.9. The van der Waals surface area contributed by atoms with Crippen molar-refractivity contribution in [3.8, 4) is 0 Å². The molecule has 2 rings (SSSR count). The molecule has 0 bridgehead atoms. The second-order valence-electron chi connectivity index (χ2n) is 6.53. The van der Waals surface area contributed by atoms with Crippen LogP contribution in [-0.2, 0) is 4.74 Å². The van der Waals surface area contributed by atoms with Gasteiger partial charge >= 0.3 is 0 Å². The zero-order chi connectivity index (χ0) is 13.9. The second-order valence-corrected chi connectivity index (χ2v) is 6.53. The van der Waals surface area contributed by atoms with E-state index in [4.69, 9.17) is 10.5 Å². The Kier molecular flexibility index (Phi) is 5.23. The first-order chi connectivity index (χ1) is 9.11. The van der Waals surface area contributed by atoms with Crippen LogP contribution in [0.2, 0.25) is 0 Å². The fourth-order valence-electron chi connectivity index (χ4n) is 3.91. The second kappa shape index (κ2) is 6.53. The maximum atomic E-state index is 6.18. The summed E-state index contributed by atoms with van der Waals surface area (Å²) in [6.45, 7) is 3.18. The summed E-state index contributed by atoms with van der Waals surface area (Å²) >= 11 is 0. The SMILES string of the molecule is COC1CCCC(CN)(N(C)C2CCN(C)CC2)C1. The third-order valence-corrected chi connectivity index (χ3v) is 5.47. The first kappa shape index (κ1) is 15.2. The molecule has 4 heteroatoms. The largest absolute Gasteiger partial charge is 0.381 e. The molecule has 1 heterocycles. The molecule has 1 saturated carbocycles. The molecule has 2 aliphatic rings. The van der Waals surface area contributed by atoms with Crippen LogP contribution in [0.1, 0.15) is 38.5 Å². The maximum Gasteiger partial charge on any atom is 0.0589 e. The number of hydrogen-bond acceptors (Lipinski definition) is 4. The van der Waals surface area contributed by atoms with Crippen molar-refractivity contribution in [2.24, 2.45) is 5.73 Å². The van der Waals surface area contributed by atoms with Crippen molar-refractivity contribution in [1.29, 1.82) is 0 Å². The minimum absolute atomic E-state index is 0.166. The molecule has 0 spiro atoms. The summed E-state index contributed by atoms with van der Waals surface area (Å²) in [6, 6.07) is 0.690. The van der Waals surface area contributed by atoms with Crippen LogP contribution in [0, 0.1) is 0 Å². The quantitative estimate of drug-likeness (QED) is 0.835. The van der Waals surface area contributed by atoms with Gasteiger partial charge in [0.15, 0.2) is 0 Å². The van der Waals surface area contributed by atoms with Gasteiger partial charge in [-0.3, -0.25) is 4.90 Å². The average molecular weight is 269 g/mol. The Morgan fingerprint density at radius 3 is 2.58 bits per heavy atom. The summed E-state index contributed by atoms with van der Waals surface area (Å²) in [7, 11) is 6.35. The predicted octanol–water partition coefficient (Wildman–Crippen LogP) is 1.30. The lowest BCUT2D eigenvalue weighted by Crippen LogP contribution is -2.60. The Balaban J connectivity index is 2.03. The molecule has 1 aliphatic carbocycles. The van der Waals surface area contributed by atoms with Crippen LogP contribution in [0.25, 0.3) is 0 Å². The highest BCUT2D eigenvalue weighted by Gasteiger charge is 2.41. The van der Waals surface area contributed by atoms with Crippen LogP contribution >= 0.6 is 0 Å². The van der Waals surface area contributed by atoms with Crippen molar-refractivity contribution in [3.63, 3.8) is 0 Å². The van der Waals surface area contributed by atoms with E-state index in [0.29, 0.717) is 12.1 Å². The average Bonchev–Trinajstić information content (AvgIpc) is 2.47. The molecule has 112 valence electrons. The summed E-state index contributed by atoms with van der Waals surface area (Å²) in [5.41, 5.74) is 6.35. The Labute approximate surface area is 118 Å². The molecule has 0 aromatic rings. The molecule has 1 aliphatic heterocycles. The number of ether oxygens (including phenoxy) is 1. The topological polar surface area (TPSA) is 41.7 Å². The number of piperidine rings is 1. The van der Waals surface area contributed by atoms with Crippen molar-refractivity contribution in [2.75, 3.05) is 40.8 Å². The van der Waals surface area contributed by atoms with Crippen molar-refractivity contribution in [3.05, 3.63) is 0 Å². The minimum atomic E-state index is 0.166. The van der Waals surface area contributed by atoms with E-state index in [1.807, 2.05) is 7.11 Å². The molecule has 0 aromatic carbocycles. The van der Waals surface area contributed by atoms with Crippen LogP contribution in [0.15, 0.2) is 0 Å². The highest BCUT2D eigenvalue weighted by Crippen LogP contribution is 2.36. The third kappa shape index (κ3) is 3.30. The van der Waals surface area contributed by atoms with E-state index in [1.54, 1.807) is 0 Å². The van der Waals surface area contributed by atoms with Gasteiger partial charge in [-0.2, -0.15) is 0 Å². The van der Waals surface area contributed by atoms with Gasteiger partial charge in [-0.1, -0.05) is 0 Å². The number of methoxy groups -OCH3 is 1. The molecule has 0 aromatic heterocycles. The molecular weight excluding hydrogens is 238 g/mol. The van der Waals surface area contributed by atoms with Gasteiger partial charge in [0.2, 0.25) is 0 Å². The van der Waals surface area contributed by atoms with Crippen molar-refractivity contribution < 1.29 is 4.74 Å². The van der Waals surface area contributed by atoms with E-state index in [-0.39, 0.29) is 5.54 Å². The number of nitrogens with two attached hydrogens (primary N) is 1. The first-order valence-corrected chi connectivity index (χ1v) is 7.75. The summed E-state index contributed by atoms with van der Waals surface area (Å²) in [5, 5.41) is 0. The Morgan fingerprint density at radius 1 is 1.32 bits per heavy atom. The monoisotopic (exact) mass is 269 g/mol. The van der Waals surface area contributed by atoms with Crippen molar-refractivity contribution in [1.82, 2.24) is 9.80 Å². The Morgan fingerprint density at radius 2 is 2.00 bits per heavy atom. The molecule has 2 N–H and O–H groups in total. The highest BCUT2D eigenvalue weighted by atomic mass is 16.5. The van der Waals surface area contributed by atoms with Crippen LogP contribution in [0.5, 0.6) is 0 Å². The number of rotatable bonds is 4. The smallest absolute Gasteiger partial charge is 0.0589 e. The summed E-state index contributed by atoms with van der Waals surface area (Å²) in [5.74, 6) is 0. The molecule has 0 radical (unpaired) electrons. The number of hydrogen-bond donors (Lipinski definition) is 1. The van der Waals surface area contributed by atoms with Crippen LogP contribution < -0.4 is 5.73 Å². The van der Waals surface area contributed by atoms with E-state index in [2.05, 4.69) is 23.9 Å². The first-order valence-electron chi connectivity index (χ1n) is 7.75. The summed E-state index contributed by atoms with van der Waals surface area (Å²) in [4.78, 5) is 5.03. The van der Waals surface area contributed by atoms with Crippen LogP contribution in [0.3, 0.4) is 0 Å². The molecule has 2 atom stereocenters. The lowest BCUT2D eigenvalue weighted by molar-refractivity contribution is -0.0372. The van der Waals surface area contributed by atoms with Gasteiger partial charge in [0.05, 0.1) is 6.10 Å². The van der Waals surface area contributed by atoms with Gasteiger partial charge in [-0.15, -0.1) is 0 Å². The van der Waals surface area contributed by atoms with Gasteiger partial charge in [-0.05, 0) is 65.7 Å². The fraction of sp³-hybridized carbons (Fsp3) is 1.00. The van der Waals surface area contributed by atoms with Gasteiger partial charge in [0.1, 0.15) is 0 Å². The number of nitrogens with zero attached hydrogens (tertiary/aromatic N) is 2. The van der Waals surface area contributed by atoms with E-state index < -0.39 is 0 Å². The van der Waals surface area contributed by atoms with Gasteiger partial charge in [-0.25, -0.2) is 0 Å². The third-order valence-electron chi connectivity index (χ3n) is 5.47. The number of likely N-dealkylation sites (N-methyl/N-ethyl adjacent to an activating group) is 1. The van der Waals surface area contributed by atoms with Crippen LogP contribution in [0.4, 0.5) is 0 Å². The van der Waals surface area contributed by atoms with Gasteiger partial charge < -0.3 is 15.4 Å². The zero-order valence-corrected chi connectivity index (χ0v) is 12.9. The minimum Gasteiger partial charge on any atom is -0.381 e. The van der Waals surface area contributed by atoms with Crippen molar-refractivity contribution >= 4 is 0 Å². The maximum absolute atomic E-state index is 6.18. The standard InChI is InChI=1S/C15H31N3O/c1-17-9-6-13(7-10-17)18(2)15(12-16)8-4-5-14(11-15)19-3/h13-14H,4-12,16H2,1-3H3. The van der Waals surface area contributed by atoms with E-state index in [1.165, 1.54) is 45.2 Å². The molecule has 1 saturated heterocycles. The molecular formula is C15H31N3O. The van der Waals surface area contributed by atoms with Gasteiger partial charge in [0.25, 0.3) is 0 Å². The Hall–Kier alpha value is -0.160. The molecule has 2 unspecified atom stereocenters. The lowest BCUT2D eigenvalue weighted by atomic mass is 9.77. The molecule has 2 fully saturated rings. The van der Waals surface area contributed by atoms with E-state index >= 15 is 0 Å². The fourth-order valence-corrected chi connectivity index (χ4v) is 3.91. The summed E-state index contributed by atoms with van der Waals surface area (Å²) in [6.07, 6.45) is 7.70. The molecule has 19 heavy (non-hydrogen) atoms. The van der Waals surface area contributed by atoms with Crippen LogP contribution in [-0.4, -0.2) is 68.3 Å². The van der Waals surface area contributed by atoms with E-state index in [0.717, 1.165) is 13.0 Å². The Bertz CT molecular complexity index is 279. The van der Waals surface area contributed by atoms with Crippen molar-refractivity contribution in [2.45, 2.75) is 56.2 Å². The summed E-state index contributed by atoms with van der Waals surface area (Å²) < 4.78 is 5.61. The highest BCUT2D eigenvalue weighted by molar-refractivity contribution is 4.99. The van der Waals surface area contributed by atoms with Gasteiger partial charge in [0, 0.05) is 25.2 Å². The molecule has 0 amide bonds. The lowest BCUT2D eigenvalue weighted by Gasteiger charge is -2.50. The molecule has 4 nitrogen and oxygen atoms in total. The van der Waals surface area contributed by atoms with E-state index in [9.17, 15) is 0 Å². The number of likely N-dealkylation sites (tertiary alicyclic amines) is 1. The zero-order valence-electron chi connectivity index (χ0n) is 12.9. The predicted molar refractivity (Wildman–Crippen MR) is 79.3 cm³/mol.